The van der Waals surface area contributed by atoms with Crippen LogP contribution >= 0.6 is 15.9 Å². The fourth-order valence-corrected chi connectivity index (χ4v) is 3.00. The van der Waals surface area contributed by atoms with E-state index in [0.717, 1.165) is 16.3 Å². The topological polar surface area (TPSA) is 39.1 Å². The maximum atomic E-state index is 11.7. The van der Waals surface area contributed by atoms with Gasteiger partial charge in [-0.1, -0.05) is 15.9 Å². The third kappa shape index (κ3) is 2.62. The molecular weight excluding hydrogens is 314 g/mol. The Hall–Kier alpha value is -1.20. The van der Waals surface area contributed by atoms with Gasteiger partial charge in [-0.3, -0.25) is 4.21 Å². The van der Waals surface area contributed by atoms with Gasteiger partial charge in [0.15, 0.2) is 0 Å². The van der Waals surface area contributed by atoms with Crippen LogP contribution in [0, 0.1) is 0 Å². The van der Waals surface area contributed by atoms with Crippen LogP contribution in [-0.4, -0.2) is 21.3 Å². The predicted octanol–water partition coefficient (Wildman–Crippen LogP) is 2.78. The second-order valence-electron chi connectivity index (χ2n) is 3.85. The van der Waals surface area contributed by atoms with Crippen LogP contribution in [0.2, 0.25) is 0 Å². The highest BCUT2D eigenvalue weighted by molar-refractivity contribution is 9.10. The number of rotatable bonds is 4. The summed E-state index contributed by atoms with van der Waals surface area (Å²) in [6, 6.07) is 8.73. The molecule has 0 N–H and O–H groups in total. The molecule has 2 rings (SSSR count). The fourth-order valence-electron chi connectivity index (χ4n) is 1.85. The molecule has 0 aliphatic heterocycles. The Morgan fingerprint density at radius 3 is 2.56 bits per heavy atom. The van der Waals surface area contributed by atoms with Crippen molar-refractivity contribution in [1.82, 2.24) is 4.57 Å². The molecule has 2 aromatic rings. The summed E-state index contributed by atoms with van der Waals surface area (Å²) in [4.78, 5) is 12.0. The van der Waals surface area contributed by atoms with Gasteiger partial charge in [-0.2, -0.15) is 0 Å². The first-order chi connectivity index (χ1) is 8.63. The highest BCUT2D eigenvalue weighted by atomic mass is 79.9. The second-order valence-corrected chi connectivity index (χ2v) is 6.11. The molecule has 0 aliphatic rings. The van der Waals surface area contributed by atoms with E-state index < -0.39 is 16.8 Å². The Morgan fingerprint density at radius 2 is 2.00 bits per heavy atom. The zero-order valence-corrected chi connectivity index (χ0v) is 12.1. The first kappa shape index (κ1) is 13.2. The van der Waals surface area contributed by atoms with Gasteiger partial charge in [0.05, 0.1) is 10.8 Å². The Kier molecular flexibility index (Phi) is 4.14. The van der Waals surface area contributed by atoms with Crippen LogP contribution in [0.25, 0.3) is 0 Å². The molecule has 0 bridgehead atoms. The average molecular weight is 326 g/mol. The maximum absolute atomic E-state index is 11.7. The molecule has 1 heterocycles. The molecule has 0 spiro atoms. The minimum Gasteiger partial charge on any atom is -0.340 e. The van der Waals surface area contributed by atoms with E-state index in [-0.39, 0.29) is 0 Å². The van der Waals surface area contributed by atoms with Crippen molar-refractivity contribution in [2.75, 3.05) is 6.26 Å². The minimum absolute atomic E-state index is 0.448. The lowest BCUT2D eigenvalue weighted by Crippen LogP contribution is -2.12. The molecule has 2 unspecified atom stereocenters. The standard InChI is InChI=1S/C13H12BrNO2S/c1-18(17)13-5-4-10(14)8-11(13)12(9-16)15-6-2-3-7-15/h2-9,12H,1H3. The molecule has 0 saturated heterocycles. The van der Waals surface area contributed by atoms with Gasteiger partial charge in [0.1, 0.15) is 12.3 Å². The van der Waals surface area contributed by atoms with Crippen molar-refractivity contribution >= 4 is 33.0 Å². The lowest BCUT2D eigenvalue weighted by molar-refractivity contribution is -0.109. The third-order valence-electron chi connectivity index (χ3n) is 2.68. The number of benzene rings is 1. The van der Waals surface area contributed by atoms with Crippen molar-refractivity contribution in [3.05, 3.63) is 52.8 Å². The van der Waals surface area contributed by atoms with Crippen LogP contribution in [0.5, 0.6) is 0 Å². The van der Waals surface area contributed by atoms with Crippen molar-refractivity contribution in [1.29, 1.82) is 0 Å². The Morgan fingerprint density at radius 1 is 1.33 bits per heavy atom. The van der Waals surface area contributed by atoms with E-state index >= 15 is 0 Å². The van der Waals surface area contributed by atoms with E-state index in [1.807, 2.05) is 36.7 Å². The molecular formula is C13H12BrNO2S. The molecule has 1 aromatic carbocycles. The van der Waals surface area contributed by atoms with Gasteiger partial charge >= 0.3 is 0 Å². The summed E-state index contributed by atoms with van der Waals surface area (Å²) in [6.07, 6.45) is 6.12. The molecule has 3 nitrogen and oxygen atoms in total. The van der Waals surface area contributed by atoms with E-state index in [4.69, 9.17) is 0 Å². The predicted molar refractivity (Wildman–Crippen MR) is 75.1 cm³/mol. The smallest absolute Gasteiger partial charge is 0.147 e. The Balaban J connectivity index is 2.57. The molecule has 0 radical (unpaired) electrons. The van der Waals surface area contributed by atoms with Gasteiger partial charge in [0.25, 0.3) is 0 Å². The first-order valence-corrected chi connectivity index (χ1v) is 7.69. The van der Waals surface area contributed by atoms with Crippen molar-refractivity contribution in [3.8, 4) is 0 Å². The summed E-state index contributed by atoms with van der Waals surface area (Å²) in [5.41, 5.74) is 0.761. The van der Waals surface area contributed by atoms with Crippen LogP contribution in [-0.2, 0) is 15.6 Å². The summed E-state index contributed by atoms with van der Waals surface area (Å²) in [7, 11) is -1.13. The zero-order valence-electron chi connectivity index (χ0n) is 9.75. The van der Waals surface area contributed by atoms with Crippen molar-refractivity contribution in [2.24, 2.45) is 0 Å². The number of hydrogen-bond acceptors (Lipinski definition) is 2. The minimum atomic E-state index is -1.13. The summed E-state index contributed by atoms with van der Waals surface area (Å²) in [5, 5.41) is 0. The first-order valence-electron chi connectivity index (χ1n) is 5.34. The molecule has 18 heavy (non-hydrogen) atoms. The van der Waals surface area contributed by atoms with Gasteiger partial charge in [-0.05, 0) is 35.9 Å². The van der Waals surface area contributed by atoms with E-state index in [1.165, 1.54) is 0 Å². The molecule has 0 amide bonds. The zero-order chi connectivity index (χ0) is 13.1. The van der Waals surface area contributed by atoms with Crippen molar-refractivity contribution < 1.29 is 9.00 Å². The number of aldehydes is 1. The van der Waals surface area contributed by atoms with E-state index in [9.17, 15) is 9.00 Å². The molecule has 94 valence electrons. The van der Waals surface area contributed by atoms with Gasteiger partial charge in [-0.25, -0.2) is 0 Å². The maximum Gasteiger partial charge on any atom is 0.147 e. The third-order valence-corrected chi connectivity index (χ3v) is 4.16. The fraction of sp³-hybridized carbons (Fsp3) is 0.154. The normalized spacial score (nSPS) is 14.1. The lowest BCUT2D eigenvalue weighted by atomic mass is 10.1. The van der Waals surface area contributed by atoms with Crippen molar-refractivity contribution in [3.63, 3.8) is 0 Å². The summed E-state index contributed by atoms with van der Waals surface area (Å²) < 4.78 is 14.4. The molecule has 0 saturated carbocycles. The molecule has 0 aliphatic carbocycles. The van der Waals surface area contributed by atoms with Gasteiger partial charge < -0.3 is 9.36 Å². The number of carbonyl (C=O) groups is 1. The number of halogens is 1. The molecule has 2 atom stereocenters. The molecule has 5 heteroatoms. The monoisotopic (exact) mass is 325 g/mol. The van der Waals surface area contributed by atoms with E-state index in [2.05, 4.69) is 15.9 Å². The highest BCUT2D eigenvalue weighted by Crippen LogP contribution is 2.26. The van der Waals surface area contributed by atoms with Crippen molar-refractivity contribution in [2.45, 2.75) is 10.9 Å². The van der Waals surface area contributed by atoms with Crippen LogP contribution < -0.4 is 0 Å². The average Bonchev–Trinajstić information content (AvgIpc) is 2.83. The lowest BCUT2D eigenvalue weighted by Gasteiger charge is -2.16. The van der Waals surface area contributed by atoms with Crippen LogP contribution in [0.4, 0.5) is 0 Å². The van der Waals surface area contributed by atoms with Gasteiger partial charge in [0, 0.05) is 28.0 Å². The van der Waals surface area contributed by atoms with Crippen LogP contribution in [0.1, 0.15) is 11.6 Å². The number of carbonyl (C=O) groups excluding carboxylic acids is 1. The second kappa shape index (κ2) is 5.63. The largest absolute Gasteiger partial charge is 0.340 e. The summed E-state index contributed by atoms with van der Waals surface area (Å²) in [5.74, 6) is 0. The van der Waals surface area contributed by atoms with Gasteiger partial charge in [0.2, 0.25) is 0 Å². The van der Waals surface area contributed by atoms with Crippen LogP contribution in [0.3, 0.4) is 0 Å². The molecule has 1 aromatic heterocycles. The number of aromatic nitrogens is 1. The Bertz CT molecular complexity index is 581. The highest BCUT2D eigenvalue weighted by Gasteiger charge is 2.18. The number of hydrogen-bond donors (Lipinski definition) is 0. The number of nitrogens with zero attached hydrogens (tertiary/aromatic N) is 1. The van der Waals surface area contributed by atoms with Gasteiger partial charge in [-0.15, -0.1) is 0 Å². The Labute approximate surface area is 116 Å². The molecule has 0 fully saturated rings. The van der Waals surface area contributed by atoms with Crippen LogP contribution in [0.15, 0.2) is 52.1 Å². The van der Waals surface area contributed by atoms with E-state index in [0.29, 0.717) is 4.90 Å². The SMILES string of the molecule is CS(=O)c1ccc(Br)cc1C(C=O)n1cccc1. The summed E-state index contributed by atoms with van der Waals surface area (Å²) >= 11 is 3.38. The summed E-state index contributed by atoms with van der Waals surface area (Å²) in [6.45, 7) is 0. The van der Waals surface area contributed by atoms with E-state index in [1.54, 1.807) is 16.9 Å². The quantitative estimate of drug-likeness (QED) is 0.811.